The molecule has 1 aromatic carbocycles. The zero-order chi connectivity index (χ0) is 17.5. The van der Waals surface area contributed by atoms with Crippen LogP contribution in [0.3, 0.4) is 0 Å². The van der Waals surface area contributed by atoms with E-state index in [1.807, 2.05) is 0 Å². The van der Waals surface area contributed by atoms with E-state index in [-0.39, 0.29) is 11.4 Å². The van der Waals surface area contributed by atoms with Crippen molar-refractivity contribution in [3.05, 3.63) is 53.6 Å². The van der Waals surface area contributed by atoms with Gasteiger partial charge in [-0.15, -0.1) is 0 Å². The van der Waals surface area contributed by atoms with Crippen molar-refractivity contribution in [3.63, 3.8) is 0 Å². The highest BCUT2D eigenvalue weighted by atomic mass is 19.2. The van der Waals surface area contributed by atoms with Crippen LogP contribution in [0, 0.1) is 17.5 Å². The molecule has 1 heterocycles. The summed E-state index contributed by atoms with van der Waals surface area (Å²) in [6.07, 6.45) is 2.00. The number of ether oxygens (including phenoxy) is 1. The number of hydrogen-bond donors (Lipinski definition) is 2. The second-order valence-corrected chi connectivity index (χ2v) is 4.88. The minimum absolute atomic E-state index is 0.111. The standard InChI is InChI=1S/C16H16F3N3O2/c1-24-8-2-6-21-16(23)13-9-10(5-7-20-13)22-12-4-3-11(17)14(18)15(12)19/h3-5,7,9H,2,6,8H2,1H3,(H,20,22)(H,21,23). The first kappa shape index (κ1) is 17.7. The Balaban J connectivity index is 2.08. The molecule has 0 fully saturated rings. The van der Waals surface area contributed by atoms with Crippen LogP contribution < -0.4 is 10.6 Å². The minimum Gasteiger partial charge on any atom is -0.385 e. The van der Waals surface area contributed by atoms with Crippen molar-refractivity contribution < 1.29 is 22.7 Å². The van der Waals surface area contributed by atoms with Gasteiger partial charge in [-0.05, 0) is 30.7 Å². The molecule has 0 unspecified atom stereocenters. The van der Waals surface area contributed by atoms with Crippen LogP contribution in [0.4, 0.5) is 24.5 Å². The van der Waals surface area contributed by atoms with E-state index >= 15 is 0 Å². The van der Waals surface area contributed by atoms with Crippen LogP contribution in [0.2, 0.25) is 0 Å². The van der Waals surface area contributed by atoms with E-state index in [0.29, 0.717) is 25.3 Å². The molecule has 1 aromatic heterocycles. The molecule has 0 aliphatic rings. The first-order valence-electron chi connectivity index (χ1n) is 7.16. The Bertz CT molecular complexity index is 726. The number of carbonyl (C=O) groups excluding carboxylic acids is 1. The van der Waals surface area contributed by atoms with Gasteiger partial charge in [-0.1, -0.05) is 0 Å². The van der Waals surface area contributed by atoms with E-state index in [1.54, 1.807) is 7.11 Å². The number of halogens is 3. The van der Waals surface area contributed by atoms with Gasteiger partial charge < -0.3 is 15.4 Å². The summed E-state index contributed by atoms with van der Waals surface area (Å²) in [6.45, 7) is 0.939. The maximum Gasteiger partial charge on any atom is 0.269 e. The lowest BCUT2D eigenvalue weighted by molar-refractivity contribution is 0.0943. The molecule has 128 valence electrons. The van der Waals surface area contributed by atoms with Crippen LogP contribution in [0.15, 0.2) is 30.5 Å². The Labute approximate surface area is 136 Å². The van der Waals surface area contributed by atoms with Crippen molar-refractivity contribution in [2.45, 2.75) is 6.42 Å². The molecule has 1 amide bonds. The molecule has 0 atom stereocenters. The first-order chi connectivity index (χ1) is 11.5. The third-order valence-electron chi connectivity index (χ3n) is 3.12. The quantitative estimate of drug-likeness (QED) is 0.601. The number of nitrogens with zero attached hydrogens (tertiary/aromatic N) is 1. The topological polar surface area (TPSA) is 63.2 Å². The lowest BCUT2D eigenvalue weighted by Gasteiger charge is -2.10. The normalized spacial score (nSPS) is 10.5. The van der Waals surface area contributed by atoms with Crippen molar-refractivity contribution >= 4 is 17.3 Å². The number of benzene rings is 1. The fourth-order valence-corrected chi connectivity index (χ4v) is 1.92. The molecule has 2 aromatic rings. The summed E-state index contributed by atoms with van der Waals surface area (Å²) in [6, 6.07) is 4.73. The van der Waals surface area contributed by atoms with Crippen LogP contribution in [0.5, 0.6) is 0 Å². The predicted octanol–water partition coefficient (Wildman–Crippen LogP) is 3.01. The largest absolute Gasteiger partial charge is 0.385 e. The van der Waals surface area contributed by atoms with Gasteiger partial charge in [-0.25, -0.2) is 13.2 Å². The average molecular weight is 339 g/mol. The van der Waals surface area contributed by atoms with Gasteiger partial charge >= 0.3 is 0 Å². The summed E-state index contributed by atoms with van der Waals surface area (Å²) in [5.74, 6) is -4.58. The van der Waals surface area contributed by atoms with Gasteiger partial charge in [-0.2, -0.15) is 0 Å². The van der Waals surface area contributed by atoms with Gasteiger partial charge in [0.05, 0.1) is 5.69 Å². The molecule has 0 bridgehead atoms. The maximum atomic E-state index is 13.7. The van der Waals surface area contributed by atoms with Gasteiger partial charge in [-0.3, -0.25) is 9.78 Å². The number of amides is 1. The molecule has 8 heteroatoms. The number of anilines is 2. The fraction of sp³-hybridized carbons (Fsp3) is 0.250. The van der Waals surface area contributed by atoms with Gasteiger partial charge in [0, 0.05) is 32.1 Å². The summed E-state index contributed by atoms with van der Waals surface area (Å²) < 4.78 is 44.7. The average Bonchev–Trinajstić information content (AvgIpc) is 2.59. The van der Waals surface area contributed by atoms with Crippen LogP contribution in [0.1, 0.15) is 16.9 Å². The third-order valence-corrected chi connectivity index (χ3v) is 3.12. The second kappa shape index (κ2) is 8.30. The van der Waals surface area contributed by atoms with Crippen LogP contribution in [-0.4, -0.2) is 31.2 Å². The smallest absolute Gasteiger partial charge is 0.269 e. The summed E-state index contributed by atoms with van der Waals surface area (Å²) in [7, 11) is 1.57. The van der Waals surface area contributed by atoms with E-state index < -0.39 is 23.4 Å². The lowest BCUT2D eigenvalue weighted by atomic mass is 10.2. The number of carbonyl (C=O) groups is 1. The molecule has 0 saturated heterocycles. The number of hydrogen-bond acceptors (Lipinski definition) is 4. The summed E-state index contributed by atoms with van der Waals surface area (Å²) >= 11 is 0. The summed E-state index contributed by atoms with van der Waals surface area (Å²) in [5.41, 5.74) is 0.184. The number of rotatable bonds is 7. The zero-order valence-corrected chi connectivity index (χ0v) is 12.9. The highest BCUT2D eigenvalue weighted by Crippen LogP contribution is 2.23. The van der Waals surface area contributed by atoms with Crippen molar-refractivity contribution in [1.29, 1.82) is 0 Å². The van der Waals surface area contributed by atoms with Crippen LogP contribution in [0.25, 0.3) is 0 Å². The lowest BCUT2D eigenvalue weighted by Crippen LogP contribution is -2.26. The molecule has 0 aliphatic carbocycles. The van der Waals surface area contributed by atoms with E-state index in [9.17, 15) is 18.0 Å². The molecule has 0 spiro atoms. The van der Waals surface area contributed by atoms with Gasteiger partial charge in [0.1, 0.15) is 5.69 Å². The van der Waals surface area contributed by atoms with Crippen molar-refractivity contribution in [1.82, 2.24) is 10.3 Å². The molecule has 24 heavy (non-hydrogen) atoms. The van der Waals surface area contributed by atoms with Crippen molar-refractivity contribution in [3.8, 4) is 0 Å². The molecular weight excluding hydrogens is 323 g/mol. The molecule has 5 nitrogen and oxygen atoms in total. The van der Waals surface area contributed by atoms with Gasteiger partial charge in [0.15, 0.2) is 17.5 Å². The van der Waals surface area contributed by atoms with Crippen molar-refractivity contribution in [2.75, 3.05) is 25.6 Å². The highest BCUT2D eigenvalue weighted by molar-refractivity contribution is 5.93. The SMILES string of the molecule is COCCCNC(=O)c1cc(Nc2ccc(F)c(F)c2F)ccn1. The number of nitrogens with one attached hydrogen (secondary N) is 2. The Hall–Kier alpha value is -2.61. The van der Waals surface area contributed by atoms with Gasteiger partial charge in [0.2, 0.25) is 0 Å². The molecule has 2 N–H and O–H groups in total. The Kier molecular flexibility index (Phi) is 6.14. The third kappa shape index (κ3) is 4.45. The van der Waals surface area contributed by atoms with E-state index in [4.69, 9.17) is 4.74 Å². The van der Waals surface area contributed by atoms with E-state index in [0.717, 1.165) is 12.1 Å². The zero-order valence-electron chi connectivity index (χ0n) is 12.9. The minimum atomic E-state index is -1.56. The Morgan fingerprint density at radius 2 is 2.00 bits per heavy atom. The monoisotopic (exact) mass is 339 g/mol. The van der Waals surface area contributed by atoms with Crippen LogP contribution >= 0.6 is 0 Å². The molecular formula is C16H16F3N3O2. The molecule has 2 rings (SSSR count). The van der Waals surface area contributed by atoms with Crippen LogP contribution in [-0.2, 0) is 4.74 Å². The molecule has 0 saturated carbocycles. The summed E-state index contributed by atoms with van der Waals surface area (Å²) in [4.78, 5) is 15.9. The molecule has 0 radical (unpaired) electrons. The predicted molar refractivity (Wildman–Crippen MR) is 82.7 cm³/mol. The number of methoxy groups -OCH3 is 1. The number of pyridine rings is 1. The Morgan fingerprint density at radius 3 is 2.75 bits per heavy atom. The summed E-state index contributed by atoms with van der Waals surface area (Å²) in [5, 5.41) is 5.25. The highest BCUT2D eigenvalue weighted by Gasteiger charge is 2.14. The van der Waals surface area contributed by atoms with Crippen molar-refractivity contribution in [2.24, 2.45) is 0 Å². The molecule has 0 aliphatic heterocycles. The second-order valence-electron chi connectivity index (χ2n) is 4.88. The van der Waals surface area contributed by atoms with E-state index in [2.05, 4.69) is 15.6 Å². The number of aromatic nitrogens is 1. The fourth-order valence-electron chi connectivity index (χ4n) is 1.92. The van der Waals surface area contributed by atoms with E-state index in [1.165, 1.54) is 18.3 Å². The van der Waals surface area contributed by atoms with Gasteiger partial charge in [0.25, 0.3) is 5.91 Å². The maximum absolute atomic E-state index is 13.7. The first-order valence-corrected chi connectivity index (χ1v) is 7.16. The Morgan fingerprint density at radius 1 is 1.21 bits per heavy atom.